The number of rotatable bonds is 8. The van der Waals surface area contributed by atoms with Crippen LogP contribution in [-0.4, -0.2) is 27.4 Å². The summed E-state index contributed by atoms with van der Waals surface area (Å²) < 4.78 is 5.64. The van der Waals surface area contributed by atoms with Gasteiger partial charge in [0.25, 0.3) is 11.6 Å². The van der Waals surface area contributed by atoms with Gasteiger partial charge < -0.3 is 15.0 Å². The molecule has 2 N–H and O–H groups in total. The molecule has 0 atom stereocenters. The van der Waals surface area contributed by atoms with Crippen molar-refractivity contribution in [1.29, 1.82) is 0 Å². The number of nitrogens with zero attached hydrogens (tertiary/aromatic N) is 2. The van der Waals surface area contributed by atoms with E-state index >= 15 is 0 Å². The van der Waals surface area contributed by atoms with E-state index < -0.39 is 10.8 Å². The number of hydrogen-bond acceptors (Lipinski definition) is 5. The van der Waals surface area contributed by atoms with Gasteiger partial charge in [0.15, 0.2) is 6.61 Å². The molecule has 0 aliphatic rings. The Labute approximate surface area is 219 Å². The molecule has 0 aliphatic heterocycles. The summed E-state index contributed by atoms with van der Waals surface area (Å²) in [7, 11) is 0. The van der Waals surface area contributed by atoms with E-state index in [1.807, 2.05) is 72.8 Å². The lowest BCUT2D eigenvalue weighted by Gasteiger charge is -2.10. The Bertz CT molecular complexity index is 1520. The number of H-pyrrole nitrogens is 1. The van der Waals surface area contributed by atoms with Crippen LogP contribution in [0.3, 0.4) is 0 Å². The maximum atomic E-state index is 12.4. The third-order valence-electron chi connectivity index (χ3n) is 6.09. The number of anilines is 1. The van der Waals surface area contributed by atoms with Gasteiger partial charge in [-0.3, -0.25) is 14.9 Å². The van der Waals surface area contributed by atoms with Crippen molar-refractivity contribution < 1.29 is 14.5 Å². The van der Waals surface area contributed by atoms with Crippen molar-refractivity contribution in [2.75, 3.05) is 11.9 Å². The van der Waals surface area contributed by atoms with E-state index in [9.17, 15) is 14.9 Å². The molecule has 5 rings (SSSR count). The summed E-state index contributed by atoms with van der Waals surface area (Å²) in [5.74, 6) is 0.814. The average Bonchev–Trinajstić information content (AvgIpc) is 3.40. The third-order valence-corrected chi connectivity index (χ3v) is 6.09. The first kappa shape index (κ1) is 24.5. The van der Waals surface area contributed by atoms with E-state index in [1.54, 1.807) is 25.1 Å². The van der Waals surface area contributed by atoms with E-state index in [1.165, 1.54) is 12.1 Å². The minimum atomic E-state index is -0.478. The third kappa shape index (κ3) is 5.29. The van der Waals surface area contributed by atoms with Gasteiger partial charge in [-0.25, -0.2) is 4.98 Å². The molecular formula is C30H24N4O4. The number of nitro benzene ring substituents is 1. The summed E-state index contributed by atoms with van der Waals surface area (Å²) in [5, 5.41) is 13.8. The molecule has 0 saturated carbocycles. The number of nitro groups is 1. The molecule has 8 nitrogen and oxygen atoms in total. The van der Waals surface area contributed by atoms with E-state index in [2.05, 4.69) is 10.3 Å². The minimum Gasteiger partial charge on any atom is -0.484 e. The minimum absolute atomic E-state index is 0.0527. The molecule has 0 fully saturated rings. The molecule has 0 spiro atoms. The summed E-state index contributed by atoms with van der Waals surface area (Å²) in [6.07, 6.45) is 0. The van der Waals surface area contributed by atoms with Gasteiger partial charge in [0.05, 0.1) is 27.6 Å². The van der Waals surface area contributed by atoms with Crippen LogP contribution < -0.4 is 10.1 Å². The van der Waals surface area contributed by atoms with Crippen molar-refractivity contribution in [3.63, 3.8) is 0 Å². The Balaban J connectivity index is 1.31. The first-order valence-corrected chi connectivity index (χ1v) is 12.0. The zero-order chi connectivity index (χ0) is 26.5. The van der Waals surface area contributed by atoms with Gasteiger partial charge in [-0.1, -0.05) is 66.7 Å². The number of benzene rings is 4. The number of aromatic nitrogens is 2. The lowest BCUT2D eigenvalue weighted by molar-refractivity contribution is -0.385. The Morgan fingerprint density at radius 3 is 2.18 bits per heavy atom. The largest absolute Gasteiger partial charge is 0.484 e. The molecule has 0 radical (unpaired) electrons. The highest BCUT2D eigenvalue weighted by molar-refractivity contribution is 5.93. The van der Waals surface area contributed by atoms with Crippen molar-refractivity contribution in [3.8, 4) is 39.7 Å². The molecule has 38 heavy (non-hydrogen) atoms. The van der Waals surface area contributed by atoms with Gasteiger partial charge in [-0.05, 0) is 37.3 Å². The Morgan fingerprint density at radius 1 is 0.868 bits per heavy atom. The van der Waals surface area contributed by atoms with Crippen LogP contribution in [0.15, 0.2) is 103 Å². The molecule has 8 heteroatoms. The molecule has 1 aromatic heterocycles. The maximum absolute atomic E-state index is 12.4. The van der Waals surface area contributed by atoms with Gasteiger partial charge >= 0.3 is 0 Å². The topological polar surface area (TPSA) is 110 Å². The predicted molar refractivity (Wildman–Crippen MR) is 147 cm³/mol. The first-order chi connectivity index (χ1) is 18.5. The number of carbonyl (C=O) groups excluding carboxylic acids is 1. The van der Waals surface area contributed by atoms with Crippen LogP contribution >= 0.6 is 0 Å². The second kappa shape index (κ2) is 10.8. The molecule has 1 amide bonds. The average molecular weight is 505 g/mol. The fourth-order valence-electron chi connectivity index (χ4n) is 4.13. The van der Waals surface area contributed by atoms with Gasteiger partial charge in [0, 0.05) is 22.8 Å². The van der Waals surface area contributed by atoms with Crippen LogP contribution in [0.25, 0.3) is 33.9 Å². The summed E-state index contributed by atoms with van der Waals surface area (Å²) >= 11 is 0. The van der Waals surface area contributed by atoms with E-state index in [0.29, 0.717) is 22.8 Å². The lowest BCUT2D eigenvalue weighted by Crippen LogP contribution is -2.20. The number of hydrogen-bond donors (Lipinski definition) is 2. The van der Waals surface area contributed by atoms with Crippen LogP contribution in [0.1, 0.15) is 5.56 Å². The Kier molecular flexibility index (Phi) is 6.95. The van der Waals surface area contributed by atoms with Gasteiger partial charge in [-0.15, -0.1) is 0 Å². The van der Waals surface area contributed by atoms with Gasteiger partial charge in [-0.2, -0.15) is 0 Å². The maximum Gasteiger partial charge on any atom is 0.274 e. The van der Waals surface area contributed by atoms with Crippen LogP contribution in [0.4, 0.5) is 11.4 Å². The van der Waals surface area contributed by atoms with Crippen molar-refractivity contribution in [1.82, 2.24) is 9.97 Å². The number of carbonyl (C=O) groups is 1. The molecule has 0 unspecified atom stereocenters. The summed E-state index contributed by atoms with van der Waals surface area (Å²) in [6, 6.07) is 31.9. The molecule has 1 heterocycles. The second-order valence-corrected chi connectivity index (χ2v) is 8.61. The van der Waals surface area contributed by atoms with Crippen molar-refractivity contribution in [3.05, 3.63) is 119 Å². The molecule has 188 valence electrons. The lowest BCUT2D eigenvalue weighted by atomic mass is 10.1. The zero-order valence-corrected chi connectivity index (χ0v) is 20.5. The second-order valence-electron chi connectivity index (χ2n) is 8.61. The van der Waals surface area contributed by atoms with Crippen LogP contribution in [0.5, 0.6) is 5.75 Å². The standard InChI is InChI=1S/C30H24N4O4/c1-20-25(13-8-14-26(20)34(36)37)31-27(35)19-38-24-17-15-23(16-18-24)30-32-28(21-9-4-2-5-10-21)29(33-30)22-11-6-3-7-12-22/h2-18H,19H2,1H3,(H,31,35)(H,32,33). The molecule has 0 saturated heterocycles. The monoisotopic (exact) mass is 504 g/mol. The Hall–Kier alpha value is -5.24. The highest BCUT2D eigenvalue weighted by Gasteiger charge is 2.16. The highest BCUT2D eigenvalue weighted by atomic mass is 16.6. The quantitative estimate of drug-likeness (QED) is 0.182. The van der Waals surface area contributed by atoms with E-state index in [0.717, 1.165) is 28.1 Å². The smallest absolute Gasteiger partial charge is 0.274 e. The summed E-state index contributed by atoms with van der Waals surface area (Å²) in [6.45, 7) is 1.35. The normalized spacial score (nSPS) is 10.7. The Morgan fingerprint density at radius 2 is 1.53 bits per heavy atom. The van der Waals surface area contributed by atoms with Gasteiger partial charge in [0.2, 0.25) is 0 Å². The fourth-order valence-corrected chi connectivity index (χ4v) is 4.13. The van der Waals surface area contributed by atoms with E-state index in [-0.39, 0.29) is 12.3 Å². The molecule has 4 aromatic carbocycles. The number of amides is 1. The molecule has 5 aromatic rings. The van der Waals surface area contributed by atoms with Crippen LogP contribution in [0, 0.1) is 17.0 Å². The summed E-state index contributed by atoms with van der Waals surface area (Å²) in [5.41, 5.74) is 5.42. The predicted octanol–water partition coefficient (Wildman–Crippen LogP) is 6.64. The fraction of sp³-hybridized carbons (Fsp3) is 0.0667. The zero-order valence-electron chi connectivity index (χ0n) is 20.5. The van der Waals surface area contributed by atoms with Crippen molar-refractivity contribution >= 4 is 17.3 Å². The van der Waals surface area contributed by atoms with Gasteiger partial charge in [0.1, 0.15) is 11.6 Å². The molecular weight excluding hydrogens is 480 g/mol. The van der Waals surface area contributed by atoms with Crippen LogP contribution in [-0.2, 0) is 4.79 Å². The SMILES string of the molecule is Cc1c(NC(=O)COc2ccc(-c3nc(-c4ccccc4)c(-c4ccccc4)[nH]3)cc2)cccc1[N+](=O)[O-]. The first-order valence-electron chi connectivity index (χ1n) is 12.0. The number of imidazole rings is 1. The molecule has 0 bridgehead atoms. The number of ether oxygens (including phenoxy) is 1. The number of nitrogens with one attached hydrogen (secondary N) is 2. The van der Waals surface area contributed by atoms with Crippen molar-refractivity contribution in [2.45, 2.75) is 6.92 Å². The van der Waals surface area contributed by atoms with E-state index in [4.69, 9.17) is 9.72 Å². The summed E-state index contributed by atoms with van der Waals surface area (Å²) in [4.78, 5) is 31.4. The van der Waals surface area contributed by atoms with Crippen molar-refractivity contribution in [2.24, 2.45) is 0 Å². The highest BCUT2D eigenvalue weighted by Crippen LogP contribution is 2.33. The number of aromatic amines is 1. The van der Waals surface area contributed by atoms with Crippen LogP contribution in [0.2, 0.25) is 0 Å². The molecule has 0 aliphatic carbocycles.